The topological polar surface area (TPSA) is 166 Å². The maximum Gasteiger partial charge on any atom is 0.289 e. The average Bonchev–Trinajstić information content (AvgIpc) is 4.03. The van der Waals surface area contributed by atoms with Crippen molar-refractivity contribution < 1.29 is 33.2 Å². The zero-order valence-electron chi connectivity index (χ0n) is 38.6. The molecule has 0 spiro atoms. The van der Waals surface area contributed by atoms with Crippen LogP contribution in [0.5, 0.6) is 0 Å². The number of nitrogens with zero attached hydrogens (tertiary/aromatic N) is 1. The molecule has 59 heavy (non-hydrogen) atoms. The number of nitrogens with one attached hydrogen (secondary N) is 5. The maximum atomic E-state index is 13.2. The number of allylic oxidation sites excluding steroid dienone is 4. The fourth-order valence-electron chi connectivity index (χ4n) is 5.66. The first kappa shape index (κ1) is 59.0. The Morgan fingerprint density at radius 1 is 1.02 bits per heavy atom. The lowest BCUT2D eigenvalue weighted by Gasteiger charge is -2.37. The minimum Gasteiger partial charge on any atom is -0.377 e. The van der Waals surface area contributed by atoms with E-state index in [1.165, 1.54) is 57.2 Å². The Morgan fingerprint density at radius 2 is 1.61 bits per heavy atom. The van der Waals surface area contributed by atoms with Crippen molar-refractivity contribution in [3.05, 3.63) is 35.8 Å². The second kappa shape index (κ2) is 36.7. The van der Waals surface area contributed by atoms with Crippen LogP contribution in [-0.2, 0) is 28.8 Å². The molecular weight excluding hydrogens is 752 g/mol. The summed E-state index contributed by atoms with van der Waals surface area (Å²) in [6, 6.07) is -0.262. The Kier molecular flexibility index (Phi) is 36.7. The summed E-state index contributed by atoms with van der Waals surface area (Å²) in [5.41, 5.74) is -0.146. The van der Waals surface area contributed by atoms with Gasteiger partial charge in [-0.05, 0) is 82.5 Å². The van der Waals surface area contributed by atoms with Gasteiger partial charge in [0.25, 0.3) is 11.8 Å². The summed E-state index contributed by atoms with van der Waals surface area (Å²) in [6.07, 6.45) is 23.3. The maximum absolute atomic E-state index is 13.2. The third kappa shape index (κ3) is 29.5. The molecule has 0 bridgehead atoms. The van der Waals surface area contributed by atoms with E-state index < -0.39 is 41.0 Å². The standard InChI is InChI=1S/C17H24FN3O3.C11H23N.C10H16N2O3.C3H8.C3H4.C2H6/c1-17(2,3)14(11-22)21-15(23)10-20-16(24)13-8-4-6-12(18)7-5-9-19-13;1-4-10-8-6-7-9-11(10)12(3)5-2;1-2-3-8(11-6-13)9(14)10(15)12-7-4-5-7;2*1-3-2;1-2/h5-8,11,14,19H,4,9-10H2,1-3H3,(H,20,24)(H,21,23);10-11H,4-9H2,1-3H3;6-8H,2-5H2,1H3,(H,11,13)(H,12,15);3H2,1-2H3;1H,2H3;1-2H3/b7-5-,12-6+,13-8-;;;;;/t14-;;8-;;;/m1.0.../s1. The molecule has 3 rings (SSSR count). The van der Waals surface area contributed by atoms with Gasteiger partial charge in [0.1, 0.15) is 12.1 Å². The lowest BCUT2D eigenvalue weighted by atomic mass is 9.82. The van der Waals surface area contributed by atoms with E-state index in [0.717, 1.165) is 31.2 Å². The van der Waals surface area contributed by atoms with E-state index >= 15 is 0 Å². The number of aldehydes is 1. The van der Waals surface area contributed by atoms with Gasteiger partial charge in [-0.25, -0.2) is 4.39 Å². The number of carbonyl (C=O) groups is 6. The monoisotopic (exact) mass is 833 g/mol. The quantitative estimate of drug-likeness (QED) is 0.0679. The molecule has 2 saturated carbocycles. The Morgan fingerprint density at radius 3 is 2.10 bits per heavy atom. The van der Waals surface area contributed by atoms with Crippen LogP contribution in [0.15, 0.2) is 35.8 Å². The number of carbonyl (C=O) groups excluding carboxylic acids is 6. The van der Waals surface area contributed by atoms with E-state index in [1.54, 1.807) is 19.1 Å². The number of hydrogen-bond acceptors (Lipinski definition) is 8. The molecule has 338 valence electrons. The molecule has 13 heteroatoms. The fraction of sp³-hybridized carbons (Fsp3) is 0.696. The van der Waals surface area contributed by atoms with Crippen molar-refractivity contribution in [2.24, 2.45) is 11.3 Å². The number of halogens is 1. The van der Waals surface area contributed by atoms with Crippen LogP contribution in [-0.4, -0.2) is 92.0 Å². The van der Waals surface area contributed by atoms with Crippen LogP contribution in [0, 0.1) is 23.7 Å². The van der Waals surface area contributed by atoms with E-state index in [-0.39, 0.29) is 30.5 Å². The van der Waals surface area contributed by atoms with Crippen molar-refractivity contribution in [1.82, 2.24) is 31.5 Å². The van der Waals surface area contributed by atoms with Crippen LogP contribution in [0.2, 0.25) is 0 Å². The highest BCUT2D eigenvalue weighted by Crippen LogP contribution is 2.29. The van der Waals surface area contributed by atoms with Gasteiger partial charge in [0.15, 0.2) is 0 Å². The van der Waals surface area contributed by atoms with E-state index in [4.69, 9.17) is 0 Å². The molecule has 0 saturated heterocycles. The van der Waals surface area contributed by atoms with Gasteiger partial charge in [-0.3, -0.25) is 24.0 Å². The lowest BCUT2D eigenvalue weighted by molar-refractivity contribution is -0.139. The molecule has 4 atom stereocenters. The van der Waals surface area contributed by atoms with Crippen LogP contribution in [0.3, 0.4) is 0 Å². The van der Waals surface area contributed by atoms with E-state index in [2.05, 4.69) is 78.6 Å². The number of rotatable bonds is 15. The first-order chi connectivity index (χ1) is 28.0. The highest BCUT2D eigenvalue weighted by molar-refractivity contribution is 6.38. The van der Waals surface area contributed by atoms with Crippen molar-refractivity contribution in [3.8, 4) is 12.3 Å². The van der Waals surface area contributed by atoms with E-state index in [9.17, 15) is 33.2 Å². The van der Waals surface area contributed by atoms with Crippen LogP contribution in [0.4, 0.5) is 4.39 Å². The Labute approximate surface area is 357 Å². The van der Waals surface area contributed by atoms with Crippen LogP contribution < -0.4 is 26.6 Å². The molecular formula is C46H81FN6O6. The third-order valence-corrected chi connectivity index (χ3v) is 9.12. The molecule has 2 fully saturated rings. The minimum atomic E-state index is -0.675. The summed E-state index contributed by atoms with van der Waals surface area (Å²) in [4.78, 5) is 70.7. The molecule has 2 unspecified atom stereocenters. The first-order valence-corrected chi connectivity index (χ1v) is 21.7. The smallest absolute Gasteiger partial charge is 0.289 e. The zero-order valence-corrected chi connectivity index (χ0v) is 38.6. The minimum absolute atomic E-state index is 0.167. The Bertz CT molecular complexity index is 1330. The molecule has 1 aliphatic heterocycles. The fourth-order valence-corrected chi connectivity index (χ4v) is 5.66. The summed E-state index contributed by atoms with van der Waals surface area (Å²) in [6.45, 7) is 23.1. The van der Waals surface area contributed by atoms with Crippen molar-refractivity contribution in [1.29, 1.82) is 0 Å². The molecule has 0 aromatic carbocycles. The van der Waals surface area contributed by atoms with Crippen LogP contribution >= 0.6 is 0 Å². The SMILES string of the molecule is C#CC.CC.CC(C)(C)[C@@H](C=O)NC(=O)CNC(=O)/C1=C/C/C=C(F)\C=C/CN1.CCC.CCC1CCCCC1N(C)CC.CCC[C@H](NC=O)C(=O)C(=O)NC1CC1. The molecule has 0 aromatic rings. The van der Waals surface area contributed by atoms with Gasteiger partial charge in [0, 0.05) is 18.6 Å². The molecule has 12 nitrogen and oxygen atoms in total. The van der Waals surface area contributed by atoms with Crippen molar-refractivity contribution in [3.63, 3.8) is 0 Å². The second-order valence-electron chi connectivity index (χ2n) is 15.3. The lowest BCUT2D eigenvalue weighted by Crippen LogP contribution is -2.48. The van der Waals surface area contributed by atoms with Gasteiger partial charge < -0.3 is 36.3 Å². The van der Waals surface area contributed by atoms with Crippen LogP contribution in [0.1, 0.15) is 147 Å². The number of Topliss-reactive ketones (excluding diaryl/α,β-unsaturated/α-hetero) is 1. The summed E-state index contributed by atoms with van der Waals surface area (Å²) in [5, 5.41) is 12.9. The Balaban J connectivity index is -0.000000768. The van der Waals surface area contributed by atoms with Gasteiger partial charge in [-0.1, -0.05) is 113 Å². The predicted molar refractivity (Wildman–Crippen MR) is 240 cm³/mol. The number of terminal acetylenes is 1. The molecule has 1 heterocycles. The molecule has 4 amide bonds. The predicted octanol–water partition coefficient (Wildman–Crippen LogP) is 6.86. The van der Waals surface area contributed by atoms with Crippen molar-refractivity contribution in [2.75, 3.05) is 26.7 Å². The van der Waals surface area contributed by atoms with Gasteiger partial charge >= 0.3 is 0 Å². The van der Waals surface area contributed by atoms with E-state index in [1.807, 2.05) is 41.5 Å². The summed E-state index contributed by atoms with van der Waals surface area (Å²) >= 11 is 0. The Hall–Kier alpha value is -4.31. The summed E-state index contributed by atoms with van der Waals surface area (Å²) in [5.74, 6) is 0.818. The third-order valence-electron chi connectivity index (χ3n) is 9.12. The highest BCUT2D eigenvalue weighted by Gasteiger charge is 2.30. The normalized spacial score (nSPS) is 20.0. The molecule has 3 aliphatic rings. The average molecular weight is 833 g/mol. The number of hydrogen-bond donors (Lipinski definition) is 5. The van der Waals surface area contributed by atoms with Crippen molar-refractivity contribution in [2.45, 2.75) is 171 Å². The van der Waals surface area contributed by atoms with Crippen LogP contribution in [0.25, 0.3) is 0 Å². The summed E-state index contributed by atoms with van der Waals surface area (Å²) < 4.78 is 13.2. The number of amides is 4. The summed E-state index contributed by atoms with van der Waals surface area (Å²) in [7, 11) is 2.28. The molecule has 0 aromatic heterocycles. The molecule has 0 radical (unpaired) electrons. The number of ketones is 1. The largest absolute Gasteiger partial charge is 0.377 e. The van der Waals surface area contributed by atoms with Gasteiger partial charge in [0.05, 0.1) is 24.3 Å². The van der Waals surface area contributed by atoms with E-state index in [0.29, 0.717) is 25.7 Å². The van der Waals surface area contributed by atoms with Gasteiger partial charge in [-0.15, -0.1) is 12.3 Å². The van der Waals surface area contributed by atoms with Crippen molar-refractivity contribution >= 4 is 36.2 Å². The first-order valence-electron chi connectivity index (χ1n) is 21.7. The highest BCUT2D eigenvalue weighted by atomic mass is 19.1. The van der Waals surface area contributed by atoms with Gasteiger partial charge in [-0.2, -0.15) is 0 Å². The molecule has 5 N–H and O–H groups in total. The zero-order chi connectivity index (χ0) is 45.8. The second-order valence-corrected chi connectivity index (χ2v) is 15.3. The van der Waals surface area contributed by atoms with Gasteiger partial charge in [0.2, 0.25) is 18.1 Å². The molecule has 2 aliphatic carbocycles.